The number of carbonyl (C=O) groups is 2. The Labute approximate surface area is 126 Å². The summed E-state index contributed by atoms with van der Waals surface area (Å²) in [7, 11) is 1.87. The van der Waals surface area contributed by atoms with Crippen LogP contribution in [0.1, 0.15) is 19.4 Å². The van der Waals surface area contributed by atoms with Crippen LogP contribution in [0.2, 0.25) is 0 Å². The molecule has 6 heteroatoms. The normalized spacial score (nSPS) is 18.1. The Balaban J connectivity index is 2.50. The minimum absolute atomic E-state index is 0.173. The first-order chi connectivity index (χ1) is 9.36. The summed E-state index contributed by atoms with van der Waals surface area (Å²) in [4.78, 5) is 25.6. The molecule has 0 radical (unpaired) electrons. The van der Waals surface area contributed by atoms with Gasteiger partial charge >= 0.3 is 0 Å². The number of imide groups is 1. The molecule has 1 saturated heterocycles. The van der Waals surface area contributed by atoms with Crippen LogP contribution in [-0.2, 0) is 16.1 Å². The maximum absolute atomic E-state index is 12.1. The van der Waals surface area contributed by atoms with Crippen molar-refractivity contribution < 1.29 is 9.59 Å². The van der Waals surface area contributed by atoms with E-state index in [1.165, 1.54) is 0 Å². The van der Waals surface area contributed by atoms with Gasteiger partial charge in [-0.25, -0.2) is 0 Å². The molecule has 1 aliphatic rings. The topological polar surface area (TPSA) is 61.4 Å². The van der Waals surface area contributed by atoms with Crippen LogP contribution in [0.25, 0.3) is 0 Å². The molecular weight excluding hydrogens is 322 g/mol. The number of nitrogens with zero attached hydrogens (tertiary/aromatic N) is 1. The number of hydrogen-bond donors (Lipinski definition) is 2. The van der Waals surface area contributed by atoms with Crippen molar-refractivity contribution in [1.29, 1.82) is 0 Å². The monoisotopic (exact) mass is 339 g/mol. The standard InChI is InChI=1S/C14H18BrN3O2/c1-14(2)13(20)17-12(19)8-18(14)11-6-10(15)5-4-9(11)7-16-3/h4-6,16H,7-8H2,1-3H3,(H,17,19,20). The summed E-state index contributed by atoms with van der Waals surface area (Å²) in [5.41, 5.74) is 1.17. The lowest BCUT2D eigenvalue weighted by Gasteiger charge is -2.42. The van der Waals surface area contributed by atoms with Crippen LogP contribution in [0.5, 0.6) is 0 Å². The van der Waals surface area contributed by atoms with E-state index in [1.54, 1.807) is 0 Å². The highest BCUT2D eigenvalue weighted by Crippen LogP contribution is 2.32. The summed E-state index contributed by atoms with van der Waals surface area (Å²) in [6.07, 6.45) is 0. The minimum atomic E-state index is -0.767. The molecule has 2 N–H and O–H groups in total. The van der Waals surface area contributed by atoms with Crippen molar-refractivity contribution in [1.82, 2.24) is 10.6 Å². The lowest BCUT2D eigenvalue weighted by Crippen LogP contribution is -2.64. The Morgan fingerprint density at radius 2 is 2.10 bits per heavy atom. The van der Waals surface area contributed by atoms with E-state index in [1.807, 2.05) is 44.0 Å². The highest BCUT2D eigenvalue weighted by atomic mass is 79.9. The van der Waals surface area contributed by atoms with E-state index in [4.69, 9.17) is 0 Å². The predicted molar refractivity (Wildman–Crippen MR) is 81.5 cm³/mol. The molecule has 20 heavy (non-hydrogen) atoms. The Hall–Kier alpha value is -1.40. The Kier molecular flexibility index (Phi) is 4.15. The van der Waals surface area contributed by atoms with Crippen molar-refractivity contribution in [3.05, 3.63) is 28.2 Å². The fourth-order valence-electron chi connectivity index (χ4n) is 2.30. The Bertz CT molecular complexity index is 557. The zero-order chi connectivity index (χ0) is 14.9. The van der Waals surface area contributed by atoms with Gasteiger partial charge in [0.05, 0.1) is 6.54 Å². The maximum atomic E-state index is 12.1. The molecule has 0 bridgehead atoms. The number of halogens is 1. The lowest BCUT2D eigenvalue weighted by atomic mass is 9.96. The number of piperazine rings is 1. The number of rotatable bonds is 3. The quantitative estimate of drug-likeness (QED) is 0.817. The van der Waals surface area contributed by atoms with E-state index >= 15 is 0 Å². The maximum Gasteiger partial charge on any atom is 0.251 e. The van der Waals surface area contributed by atoms with Crippen molar-refractivity contribution in [3.63, 3.8) is 0 Å². The van der Waals surface area contributed by atoms with E-state index in [2.05, 4.69) is 26.6 Å². The minimum Gasteiger partial charge on any atom is -0.348 e. The Morgan fingerprint density at radius 1 is 1.40 bits per heavy atom. The second-order valence-electron chi connectivity index (χ2n) is 5.33. The zero-order valence-electron chi connectivity index (χ0n) is 11.8. The first-order valence-corrected chi connectivity index (χ1v) is 7.20. The molecule has 5 nitrogen and oxygen atoms in total. The SMILES string of the molecule is CNCc1ccc(Br)cc1N1CC(=O)NC(=O)C1(C)C. The summed E-state index contributed by atoms with van der Waals surface area (Å²) in [5.74, 6) is -0.547. The number of nitrogens with one attached hydrogen (secondary N) is 2. The van der Waals surface area contributed by atoms with Crippen LogP contribution in [0.15, 0.2) is 22.7 Å². The molecule has 1 aromatic carbocycles. The first kappa shape index (κ1) is 15.0. The third-order valence-electron chi connectivity index (χ3n) is 3.49. The van der Waals surface area contributed by atoms with Gasteiger partial charge in [0, 0.05) is 16.7 Å². The molecule has 108 valence electrons. The smallest absolute Gasteiger partial charge is 0.251 e. The van der Waals surface area contributed by atoms with Crippen LogP contribution in [0.4, 0.5) is 5.69 Å². The number of hydrogen-bond acceptors (Lipinski definition) is 4. The van der Waals surface area contributed by atoms with Gasteiger partial charge in [-0.15, -0.1) is 0 Å². The largest absolute Gasteiger partial charge is 0.348 e. The fraction of sp³-hybridized carbons (Fsp3) is 0.429. The van der Waals surface area contributed by atoms with Gasteiger partial charge in [-0.3, -0.25) is 14.9 Å². The summed E-state index contributed by atoms with van der Waals surface area (Å²) in [5, 5.41) is 5.49. The number of anilines is 1. The molecule has 0 unspecified atom stereocenters. The lowest BCUT2D eigenvalue weighted by molar-refractivity contribution is -0.135. The van der Waals surface area contributed by atoms with Crippen molar-refractivity contribution in [2.45, 2.75) is 25.9 Å². The van der Waals surface area contributed by atoms with Gasteiger partial charge in [0.2, 0.25) is 5.91 Å². The third-order valence-corrected chi connectivity index (χ3v) is 3.98. The second kappa shape index (κ2) is 5.54. The summed E-state index contributed by atoms with van der Waals surface area (Å²) >= 11 is 3.45. The fourth-order valence-corrected chi connectivity index (χ4v) is 2.65. The van der Waals surface area contributed by atoms with Crippen LogP contribution in [0, 0.1) is 0 Å². The molecule has 0 atom stereocenters. The Morgan fingerprint density at radius 3 is 2.75 bits per heavy atom. The first-order valence-electron chi connectivity index (χ1n) is 6.41. The molecule has 2 amide bonds. The molecule has 1 aliphatic heterocycles. The molecule has 1 aromatic rings. The van der Waals surface area contributed by atoms with Crippen LogP contribution in [0.3, 0.4) is 0 Å². The molecule has 1 heterocycles. The van der Waals surface area contributed by atoms with E-state index in [-0.39, 0.29) is 18.4 Å². The summed E-state index contributed by atoms with van der Waals surface area (Å²) in [6.45, 7) is 4.48. The van der Waals surface area contributed by atoms with Crippen LogP contribution in [-0.4, -0.2) is 30.9 Å². The third kappa shape index (κ3) is 2.71. The van der Waals surface area contributed by atoms with E-state index in [0.29, 0.717) is 6.54 Å². The van der Waals surface area contributed by atoms with Crippen molar-refractivity contribution in [2.75, 3.05) is 18.5 Å². The van der Waals surface area contributed by atoms with Crippen LogP contribution < -0.4 is 15.5 Å². The highest BCUT2D eigenvalue weighted by Gasteiger charge is 2.41. The molecule has 0 saturated carbocycles. The van der Waals surface area contributed by atoms with Crippen molar-refractivity contribution in [3.8, 4) is 0 Å². The second-order valence-corrected chi connectivity index (χ2v) is 6.24. The van der Waals surface area contributed by atoms with Crippen molar-refractivity contribution in [2.24, 2.45) is 0 Å². The van der Waals surface area contributed by atoms with Gasteiger partial charge in [-0.1, -0.05) is 22.0 Å². The molecule has 2 rings (SSSR count). The number of carbonyl (C=O) groups excluding carboxylic acids is 2. The number of amides is 2. The van der Waals surface area contributed by atoms with Crippen molar-refractivity contribution >= 4 is 33.4 Å². The van der Waals surface area contributed by atoms with Gasteiger partial charge in [-0.05, 0) is 38.6 Å². The molecule has 1 fully saturated rings. The van der Waals surface area contributed by atoms with E-state index in [0.717, 1.165) is 15.7 Å². The van der Waals surface area contributed by atoms with Gasteiger partial charge in [-0.2, -0.15) is 0 Å². The average molecular weight is 340 g/mol. The van der Waals surface area contributed by atoms with Gasteiger partial charge in [0.25, 0.3) is 5.91 Å². The molecule has 0 aliphatic carbocycles. The summed E-state index contributed by atoms with van der Waals surface area (Å²) in [6, 6.07) is 5.89. The van der Waals surface area contributed by atoms with E-state index in [9.17, 15) is 9.59 Å². The molecular formula is C14H18BrN3O2. The number of benzene rings is 1. The van der Waals surface area contributed by atoms with Gasteiger partial charge in [0.1, 0.15) is 5.54 Å². The molecule has 0 spiro atoms. The summed E-state index contributed by atoms with van der Waals surface area (Å²) < 4.78 is 0.918. The average Bonchev–Trinajstić information content (AvgIpc) is 2.37. The zero-order valence-corrected chi connectivity index (χ0v) is 13.4. The predicted octanol–water partition coefficient (Wildman–Crippen LogP) is 1.41. The van der Waals surface area contributed by atoms with Gasteiger partial charge < -0.3 is 10.2 Å². The molecule has 0 aromatic heterocycles. The van der Waals surface area contributed by atoms with Crippen LogP contribution >= 0.6 is 15.9 Å². The van der Waals surface area contributed by atoms with E-state index < -0.39 is 5.54 Å². The highest BCUT2D eigenvalue weighted by molar-refractivity contribution is 9.10. The van der Waals surface area contributed by atoms with Gasteiger partial charge in [0.15, 0.2) is 0 Å².